The van der Waals surface area contributed by atoms with Crippen molar-refractivity contribution in [3.63, 3.8) is 0 Å². The zero-order chi connectivity index (χ0) is 19.7. The number of benzene rings is 2. The fourth-order valence-electron chi connectivity index (χ4n) is 2.77. The summed E-state index contributed by atoms with van der Waals surface area (Å²) in [6, 6.07) is 18.5. The molecule has 0 fully saturated rings. The first-order valence-corrected chi connectivity index (χ1v) is 11.4. The van der Waals surface area contributed by atoms with Gasteiger partial charge in [0.1, 0.15) is 0 Å². The smallest absolute Gasteiger partial charge is 0.265 e. The van der Waals surface area contributed by atoms with E-state index in [2.05, 4.69) is 42.5 Å². The van der Waals surface area contributed by atoms with Gasteiger partial charge >= 0.3 is 0 Å². The molecule has 4 nitrogen and oxygen atoms in total. The van der Waals surface area contributed by atoms with Crippen molar-refractivity contribution >= 4 is 88.5 Å². The van der Waals surface area contributed by atoms with Crippen molar-refractivity contribution < 1.29 is 9.59 Å². The number of rotatable bonds is 4. The monoisotopic (exact) mass is 534 g/mol. The summed E-state index contributed by atoms with van der Waals surface area (Å²) in [6.07, 6.45) is 0. The number of hydrogen-bond acceptors (Lipinski definition) is 4. The second-order valence-electron chi connectivity index (χ2n) is 5.82. The SMILES string of the molecule is O=C(Nc1cccc2c(NC(=O)c3ccc(Br)s3)cccc12)c1ccc(Br)s1. The van der Waals surface area contributed by atoms with Crippen molar-refractivity contribution in [2.45, 2.75) is 0 Å². The number of thiophene rings is 2. The molecule has 0 aliphatic heterocycles. The molecule has 0 aliphatic carbocycles. The van der Waals surface area contributed by atoms with Gasteiger partial charge in [0, 0.05) is 22.1 Å². The van der Waals surface area contributed by atoms with E-state index in [1.54, 1.807) is 12.1 Å². The molecule has 4 rings (SSSR count). The highest BCUT2D eigenvalue weighted by Crippen LogP contribution is 2.31. The average Bonchev–Trinajstić information content (AvgIpc) is 3.31. The van der Waals surface area contributed by atoms with E-state index < -0.39 is 0 Å². The molecule has 0 radical (unpaired) electrons. The molecule has 4 aromatic rings. The lowest BCUT2D eigenvalue weighted by Gasteiger charge is -2.12. The Morgan fingerprint density at radius 2 is 1.07 bits per heavy atom. The summed E-state index contributed by atoms with van der Waals surface area (Å²) >= 11 is 9.50. The van der Waals surface area contributed by atoms with Gasteiger partial charge in [-0.3, -0.25) is 9.59 Å². The van der Waals surface area contributed by atoms with E-state index in [-0.39, 0.29) is 11.8 Å². The van der Waals surface area contributed by atoms with Gasteiger partial charge in [-0.05, 0) is 68.3 Å². The Balaban J connectivity index is 1.64. The Labute approximate surface area is 185 Å². The molecule has 0 bridgehead atoms. The zero-order valence-corrected chi connectivity index (χ0v) is 19.0. The predicted molar refractivity (Wildman–Crippen MR) is 124 cm³/mol. The van der Waals surface area contributed by atoms with Crippen LogP contribution in [0.3, 0.4) is 0 Å². The van der Waals surface area contributed by atoms with E-state index in [4.69, 9.17) is 0 Å². The molecule has 0 saturated carbocycles. The summed E-state index contributed by atoms with van der Waals surface area (Å²) in [6.45, 7) is 0. The minimum absolute atomic E-state index is 0.166. The first-order valence-electron chi connectivity index (χ1n) is 8.16. The maximum atomic E-state index is 12.5. The van der Waals surface area contributed by atoms with Gasteiger partial charge < -0.3 is 10.6 Å². The number of nitrogens with one attached hydrogen (secondary N) is 2. The van der Waals surface area contributed by atoms with Crippen LogP contribution in [0.15, 0.2) is 68.2 Å². The lowest BCUT2D eigenvalue weighted by atomic mass is 10.1. The quantitative estimate of drug-likeness (QED) is 0.296. The highest BCUT2D eigenvalue weighted by molar-refractivity contribution is 9.11. The number of halogens is 2. The van der Waals surface area contributed by atoms with Crippen LogP contribution in [0.5, 0.6) is 0 Å². The summed E-state index contributed by atoms with van der Waals surface area (Å²) in [5.41, 5.74) is 1.39. The van der Waals surface area contributed by atoms with Crippen molar-refractivity contribution in [1.29, 1.82) is 0 Å². The maximum absolute atomic E-state index is 12.5. The molecule has 0 atom stereocenters. The molecule has 2 N–H and O–H groups in total. The van der Waals surface area contributed by atoms with E-state index in [9.17, 15) is 9.59 Å². The Morgan fingerprint density at radius 3 is 1.43 bits per heavy atom. The minimum Gasteiger partial charge on any atom is -0.321 e. The molecule has 2 aromatic heterocycles. The van der Waals surface area contributed by atoms with Crippen molar-refractivity contribution in [1.82, 2.24) is 0 Å². The molecule has 0 spiro atoms. The van der Waals surface area contributed by atoms with Gasteiger partial charge in [-0.15, -0.1) is 22.7 Å². The van der Waals surface area contributed by atoms with Crippen molar-refractivity contribution in [3.8, 4) is 0 Å². The fraction of sp³-hybridized carbons (Fsp3) is 0. The standard InChI is InChI=1S/C20H12Br2N2O2S2/c21-17-9-7-15(27-17)19(25)23-13-5-1-3-11-12(13)4-2-6-14(11)24-20(26)16-8-10-18(22)28-16/h1-10H,(H,23,25)(H,24,26). The third kappa shape index (κ3) is 4.05. The van der Waals surface area contributed by atoms with Gasteiger partial charge in [-0.1, -0.05) is 24.3 Å². The van der Waals surface area contributed by atoms with Crippen LogP contribution in [-0.2, 0) is 0 Å². The summed E-state index contributed by atoms with van der Waals surface area (Å²) in [5.74, 6) is -0.331. The molecular formula is C20H12Br2N2O2S2. The molecule has 0 saturated heterocycles. The largest absolute Gasteiger partial charge is 0.321 e. The highest BCUT2D eigenvalue weighted by atomic mass is 79.9. The number of fused-ring (bicyclic) bond motifs is 1. The van der Waals surface area contributed by atoms with Crippen LogP contribution >= 0.6 is 54.5 Å². The average molecular weight is 536 g/mol. The van der Waals surface area contributed by atoms with Gasteiger partial charge in [0.15, 0.2) is 0 Å². The Morgan fingerprint density at radius 1 is 0.643 bits per heavy atom. The second-order valence-corrected chi connectivity index (χ2v) is 10.7. The summed E-state index contributed by atoms with van der Waals surface area (Å²) in [5, 5.41) is 7.64. The first kappa shape index (κ1) is 19.3. The lowest BCUT2D eigenvalue weighted by molar-refractivity contribution is 0.102. The third-order valence-electron chi connectivity index (χ3n) is 4.01. The Bertz CT molecular complexity index is 1110. The van der Waals surface area contributed by atoms with Crippen molar-refractivity contribution in [2.75, 3.05) is 10.6 Å². The Kier molecular flexibility index (Phi) is 5.63. The van der Waals surface area contributed by atoms with Gasteiger partial charge in [-0.25, -0.2) is 0 Å². The predicted octanol–water partition coefficient (Wildman–Crippen LogP) is 6.99. The molecule has 28 heavy (non-hydrogen) atoms. The number of hydrogen-bond donors (Lipinski definition) is 2. The number of carbonyl (C=O) groups is 2. The van der Waals surface area contributed by atoms with E-state index in [1.165, 1.54) is 22.7 Å². The summed E-state index contributed by atoms with van der Waals surface area (Å²) < 4.78 is 1.81. The van der Waals surface area contributed by atoms with Crippen LogP contribution in [0.25, 0.3) is 10.8 Å². The van der Waals surface area contributed by atoms with Crippen molar-refractivity contribution in [3.05, 3.63) is 78.0 Å². The molecule has 2 aromatic carbocycles. The van der Waals surface area contributed by atoms with Crippen LogP contribution < -0.4 is 10.6 Å². The molecule has 2 amide bonds. The number of carbonyl (C=O) groups excluding carboxylic acids is 2. The fourth-order valence-corrected chi connectivity index (χ4v) is 5.33. The molecule has 8 heteroatoms. The summed E-state index contributed by atoms with van der Waals surface area (Å²) in [4.78, 5) is 26.3. The second kappa shape index (κ2) is 8.16. The van der Waals surface area contributed by atoms with Crippen LogP contribution in [0.1, 0.15) is 19.3 Å². The van der Waals surface area contributed by atoms with Gasteiger partial charge in [0.05, 0.1) is 17.3 Å². The highest BCUT2D eigenvalue weighted by Gasteiger charge is 2.14. The molecule has 2 heterocycles. The number of anilines is 2. The normalized spacial score (nSPS) is 10.8. The van der Waals surface area contributed by atoms with E-state index >= 15 is 0 Å². The molecule has 0 unspecified atom stereocenters. The van der Waals surface area contributed by atoms with Gasteiger partial charge in [0.25, 0.3) is 11.8 Å². The minimum atomic E-state index is -0.166. The van der Waals surface area contributed by atoms with E-state index in [0.29, 0.717) is 21.1 Å². The molecule has 140 valence electrons. The van der Waals surface area contributed by atoms with Crippen LogP contribution in [0.4, 0.5) is 11.4 Å². The maximum Gasteiger partial charge on any atom is 0.265 e. The van der Waals surface area contributed by atoms with E-state index in [1.807, 2.05) is 48.5 Å². The van der Waals surface area contributed by atoms with Gasteiger partial charge in [0.2, 0.25) is 0 Å². The van der Waals surface area contributed by atoms with Gasteiger partial charge in [-0.2, -0.15) is 0 Å². The van der Waals surface area contributed by atoms with E-state index in [0.717, 1.165) is 18.3 Å². The summed E-state index contributed by atoms with van der Waals surface area (Å²) in [7, 11) is 0. The molecule has 0 aliphatic rings. The molecular weight excluding hydrogens is 524 g/mol. The Hall–Kier alpha value is -2.00. The van der Waals surface area contributed by atoms with Crippen LogP contribution in [0.2, 0.25) is 0 Å². The van der Waals surface area contributed by atoms with Crippen LogP contribution in [-0.4, -0.2) is 11.8 Å². The van der Waals surface area contributed by atoms with Crippen LogP contribution in [0, 0.1) is 0 Å². The first-order chi connectivity index (χ1) is 13.5. The lowest BCUT2D eigenvalue weighted by Crippen LogP contribution is -2.12. The zero-order valence-electron chi connectivity index (χ0n) is 14.2. The van der Waals surface area contributed by atoms with Crippen molar-refractivity contribution in [2.24, 2.45) is 0 Å². The third-order valence-corrected chi connectivity index (χ3v) is 7.26. The number of amides is 2. The topological polar surface area (TPSA) is 58.2 Å².